The molecule has 0 unspecified atom stereocenters. The van der Waals surface area contributed by atoms with Gasteiger partial charge in [0.05, 0.1) is 0 Å². The molecule has 0 N–H and O–H groups in total. The number of aromatic nitrogens is 1. The van der Waals surface area contributed by atoms with Crippen LogP contribution in [0, 0.1) is 18.3 Å². The number of carbonyl (C=O) groups excluding carboxylic acids is 1. The summed E-state index contributed by atoms with van der Waals surface area (Å²) in [4.78, 5) is 22.5. The zero-order valence-corrected chi connectivity index (χ0v) is 8.78. The van der Waals surface area contributed by atoms with Gasteiger partial charge in [0.15, 0.2) is 0 Å². The van der Waals surface area contributed by atoms with Crippen LogP contribution in [0.5, 0.6) is 0 Å². The Morgan fingerprint density at radius 3 is 2.73 bits per heavy atom. The van der Waals surface area contributed by atoms with E-state index < -0.39 is 0 Å². The summed E-state index contributed by atoms with van der Waals surface area (Å²) >= 11 is 0. The van der Waals surface area contributed by atoms with Crippen LogP contribution in [0.1, 0.15) is 24.6 Å². The number of hydrogen-bond acceptors (Lipinski definition) is 3. The van der Waals surface area contributed by atoms with E-state index in [2.05, 4.69) is 0 Å². The predicted molar refractivity (Wildman–Crippen MR) is 55.5 cm³/mol. The van der Waals surface area contributed by atoms with Crippen LogP contribution in [-0.4, -0.2) is 10.4 Å². The lowest BCUT2D eigenvalue weighted by atomic mass is 10.2. The molecule has 15 heavy (non-hydrogen) atoms. The van der Waals surface area contributed by atoms with Crippen molar-refractivity contribution in [1.29, 1.82) is 5.26 Å². The largest absolute Gasteiger partial charge is 0.311 e. The summed E-state index contributed by atoms with van der Waals surface area (Å²) in [7, 11) is 0. The monoisotopic (exact) mass is 204 g/mol. The van der Waals surface area contributed by atoms with Crippen LogP contribution < -0.4 is 5.56 Å². The molecule has 0 saturated carbocycles. The van der Waals surface area contributed by atoms with Crippen molar-refractivity contribution >= 4 is 5.78 Å². The van der Waals surface area contributed by atoms with Crippen molar-refractivity contribution in [3.63, 3.8) is 0 Å². The first-order valence-electron chi connectivity index (χ1n) is 4.66. The van der Waals surface area contributed by atoms with Crippen LogP contribution >= 0.6 is 0 Å². The molecule has 0 fully saturated rings. The molecule has 78 valence electrons. The maximum Gasteiger partial charge on any atom is 0.268 e. The molecule has 1 aromatic rings. The molecule has 4 nitrogen and oxygen atoms in total. The highest BCUT2D eigenvalue weighted by molar-refractivity contribution is 5.75. The van der Waals surface area contributed by atoms with E-state index in [1.165, 1.54) is 17.6 Å². The zero-order valence-electron chi connectivity index (χ0n) is 8.78. The van der Waals surface area contributed by atoms with Crippen LogP contribution in [-0.2, 0) is 11.3 Å². The Morgan fingerprint density at radius 1 is 1.53 bits per heavy atom. The number of nitriles is 1. The van der Waals surface area contributed by atoms with Gasteiger partial charge in [0.2, 0.25) is 0 Å². The Hall–Kier alpha value is -1.89. The average molecular weight is 204 g/mol. The first kappa shape index (κ1) is 11.2. The van der Waals surface area contributed by atoms with E-state index in [0.29, 0.717) is 13.0 Å². The predicted octanol–water partition coefficient (Wildman–Crippen LogP) is 1.01. The third-order valence-corrected chi connectivity index (χ3v) is 2.20. The first-order chi connectivity index (χ1) is 7.06. The van der Waals surface area contributed by atoms with Crippen LogP contribution in [0.15, 0.2) is 16.9 Å². The van der Waals surface area contributed by atoms with Crippen LogP contribution in [0.2, 0.25) is 0 Å². The van der Waals surface area contributed by atoms with Crippen molar-refractivity contribution < 1.29 is 4.79 Å². The van der Waals surface area contributed by atoms with Crippen LogP contribution in [0.4, 0.5) is 0 Å². The number of rotatable bonds is 3. The van der Waals surface area contributed by atoms with Crippen LogP contribution in [0.3, 0.4) is 0 Å². The smallest absolute Gasteiger partial charge is 0.268 e. The number of Topliss-reactive ketones (excluding diaryl/α,β-unsaturated/α-hetero) is 1. The van der Waals surface area contributed by atoms with Gasteiger partial charge in [-0.25, -0.2) is 0 Å². The Kier molecular flexibility index (Phi) is 3.40. The molecule has 0 saturated heterocycles. The lowest BCUT2D eigenvalue weighted by molar-refractivity contribution is -0.117. The Balaban J connectivity index is 3.11. The van der Waals surface area contributed by atoms with E-state index in [9.17, 15) is 9.59 Å². The second-order valence-corrected chi connectivity index (χ2v) is 3.41. The SMILES string of the molecule is CC(=O)CCn1c(C)ccc(C#N)c1=O. The summed E-state index contributed by atoms with van der Waals surface area (Å²) in [5, 5.41) is 8.68. The topological polar surface area (TPSA) is 62.9 Å². The number of ketones is 1. The summed E-state index contributed by atoms with van der Waals surface area (Å²) in [6.45, 7) is 3.60. The molecular weight excluding hydrogens is 192 g/mol. The van der Waals surface area contributed by atoms with E-state index in [0.717, 1.165) is 5.69 Å². The van der Waals surface area contributed by atoms with Gasteiger partial charge in [-0.3, -0.25) is 9.59 Å². The summed E-state index contributed by atoms with van der Waals surface area (Å²) in [6, 6.07) is 5.04. The summed E-state index contributed by atoms with van der Waals surface area (Å²) in [5.41, 5.74) is 0.558. The minimum absolute atomic E-state index is 0.0312. The molecular formula is C11H12N2O2. The standard InChI is InChI=1S/C11H12N2O2/c1-8-3-4-10(7-12)11(15)13(8)6-5-9(2)14/h3-4H,5-6H2,1-2H3. The van der Waals surface area contributed by atoms with Gasteiger partial charge < -0.3 is 4.57 Å². The maximum absolute atomic E-state index is 11.7. The van der Waals surface area contributed by atoms with Crippen molar-refractivity contribution in [2.45, 2.75) is 26.8 Å². The number of carbonyl (C=O) groups is 1. The molecule has 0 aliphatic carbocycles. The molecule has 0 spiro atoms. The molecule has 0 aromatic carbocycles. The fourth-order valence-corrected chi connectivity index (χ4v) is 1.30. The van der Waals surface area contributed by atoms with Gasteiger partial charge in [-0.2, -0.15) is 5.26 Å². The van der Waals surface area contributed by atoms with Gasteiger partial charge in [-0.05, 0) is 26.0 Å². The minimum atomic E-state index is -0.321. The third kappa shape index (κ3) is 2.53. The number of pyridine rings is 1. The lowest BCUT2D eigenvalue weighted by Gasteiger charge is -2.08. The lowest BCUT2D eigenvalue weighted by Crippen LogP contribution is -2.25. The number of nitrogens with zero attached hydrogens (tertiary/aromatic N) is 2. The molecule has 1 heterocycles. The average Bonchev–Trinajstić information content (AvgIpc) is 2.17. The Bertz CT molecular complexity index is 480. The van der Waals surface area contributed by atoms with E-state index >= 15 is 0 Å². The highest BCUT2D eigenvalue weighted by Gasteiger charge is 2.06. The van der Waals surface area contributed by atoms with Crippen molar-refractivity contribution in [2.24, 2.45) is 0 Å². The van der Waals surface area contributed by atoms with E-state index in [-0.39, 0.29) is 16.9 Å². The van der Waals surface area contributed by atoms with Crippen LogP contribution in [0.25, 0.3) is 0 Å². The summed E-state index contributed by atoms with van der Waals surface area (Å²) in [6.07, 6.45) is 0.315. The highest BCUT2D eigenvalue weighted by atomic mass is 16.1. The van der Waals surface area contributed by atoms with Crippen molar-refractivity contribution in [1.82, 2.24) is 4.57 Å². The van der Waals surface area contributed by atoms with Gasteiger partial charge in [0, 0.05) is 18.7 Å². The van der Waals surface area contributed by atoms with E-state index in [1.807, 2.05) is 6.07 Å². The molecule has 0 atom stereocenters. The minimum Gasteiger partial charge on any atom is -0.311 e. The summed E-state index contributed by atoms with van der Waals surface area (Å²) in [5.74, 6) is 0.0312. The van der Waals surface area contributed by atoms with Gasteiger partial charge in [0.1, 0.15) is 17.4 Å². The molecule has 0 amide bonds. The zero-order chi connectivity index (χ0) is 11.4. The Labute approximate surface area is 87.8 Å². The molecule has 0 radical (unpaired) electrons. The first-order valence-corrected chi connectivity index (χ1v) is 4.66. The quantitative estimate of drug-likeness (QED) is 0.738. The number of aryl methyl sites for hydroxylation is 1. The molecule has 0 aliphatic rings. The molecule has 4 heteroatoms. The van der Waals surface area contributed by atoms with Gasteiger partial charge in [-0.1, -0.05) is 0 Å². The fraction of sp³-hybridized carbons (Fsp3) is 0.364. The van der Waals surface area contributed by atoms with Crippen molar-refractivity contribution in [2.75, 3.05) is 0 Å². The maximum atomic E-state index is 11.7. The summed E-state index contributed by atoms with van der Waals surface area (Å²) < 4.78 is 1.46. The highest BCUT2D eigenvalue weighted by Crippen LogP contribution is 1.99. The van der Waals surface area contributed by atoms with Crippen molar-refractivity contribution in [3.8, 4) is 6.07 Å². The van der Waals surface area contributed by atoms with Crippen molar-refractivity contribution in [3.05, 3.63) is 33.7 Å². The third-order valence-electron chi connectivity index (χ3n) is 2.20. The second kappa shape index (κ2) is 4.56. The normalized spacial score (nSPS) is 9.67. The van der Waals surface area contributed by atoms with E-state index in [4.69, 9.17) is 5.26 Å². The van der Waals surface area contributed by atoms with Gasteiger partial charge in [0.25, 0.3) is 5.56 Å². The van der Waals surface area contributed by atoms with Gasteiger partial charge >= 0.3 is 0 Å². The van der Waals surface area contributed by atoms with Gasteiger partial charge in [-0.15, -0.1) is 0 Å². The molecule has 0 aliphatic heterocycles. The molecule has 1 rings (SSSR count). The fourth-order valence-electron chi connectivity index (χ4n) is 1.30. The molecule has 0 bridgehead atoms. The Morgan fingerprint density at radius 2 is 2.20 bits per heavy atom. The molecule has 1 aromatic heterocycles. The number of hydrogen-bond donors (Lipinski definition) is 0. The van der Waals surface area contributed by atoms with E-state index in [1.54, 1.807) is 13.0 Å². The second-order valence-electron chi connectivity index (χ2n) is 3.41.